The van der Waals surface area contributed by atoms with Crippen LogP contribution in [0.3, 0.4) is 0 Å². The first kappa shape index (κ1) is 14.6. The van der Waals surface area contributed by atoms with Crippen molar-refractivity contribution in [3.8, 4) is 0 Å². The second-order valence-corrected chi connectivity index (χ2v) is 4.98. The number of rotatable bonds is 4. The molecule has 0 bridgehead atoms. The highest BCUT2D eigenvalue weighted by Gasteiger charge is 2.29. The number of benzene rings is 1. The number of ketones is 1. The van der Waals surface area contributed by atoms with Crippen LogP contribution < -0.4 is 0 Å². The molecule has 0 fully saturated rings. The van der Waals surface area contributed by atoms with Crippen LogP contribution >= 0.6 is 27.7 Å². The van der Waals surface area contributed by atoms with E-state index in [1.54, 1.807) is 6.92 Å². The van der Waals surface area contributed by atoms with Crippen molar-refractivity contribution in [1.29, 1.82) is 0 Å². The number of thioether (sulfide) groups is 1. The fraction of sp³-hybridized carbons (Fsp3) is 0.364. The topological polar surface area (TPSA) is 17.1 Å². The second-order valence-electron chi connectivity index (χ2n) is 3.28. The van der Waals surface area contributed by atoms with Crippen LogP contribution in [0.1, 0.15) is 29.3 Å². The van der Waals surface area contributed by atoms with Gasteiger partial charge in [0.1, 0.15) is 0 Å². The van der Waals surface area contributed by atoms with Gasteiger partial charge >= 0.3 is 5.51 Å². The SMILES string of the molecule is CCC(=O)c1ccc(SC(F)(F)F)cc1CBr. The van der Waals surface area contributed by atoms with Crippen molar-refractivity contribution in [2.24, 2.45) is 0 Å². The summed E-state index contributed by atoms with van der Waals surface area (Å²) in [6.45, 7) is 1.72. The first-order valence-electron chi connectivity index (χ1n) is 4.85. The zero-order valence-corrected chi connectivity index (χ0v) is 11.4. The van der Waals surface area contributed by atoms with Crippen LogP contribution in [0.2, 0.25) is 0 Å². The van der Waals surface area contributed by atoms with Gasteiger partial charge in [0, 0.05) is 22.2 Å². The van der Waals surface area contributed by atoms with Gasteiger partial charge in [-0.25, -0.2) is 0 Å². The Hall–Kier alpha value is -0.490. The van der Waals surface area contributed by atoms with Gasteiger partial charge in [0.25, 0.3) is 0 Å². The van der Waals surface area contributed by atoms with Gasteiger partial charge in [-0.05, 0) is 35.5 Å². The number of halogens is 4. The Kier molecular flexibility index (Phi) is 5.06. The number of carbonyl (C=O) groups is 1. The summed E-state index contributed by atoms with van der Waals surface area (Å²) in [5, 5.41) is 0.361. The summed E-state index contributed by atoms with van der Waals surface area (Å²) in [6, 6.07) is 4.18. The van der Waals surface area contributed by atoms with E-state index in [0.29, 0.717) is 22.9 Å². The Balaban J connectivity index is 3.04. The van der Waals surface area contributed by atoms with Crippen LogP contribution in [0.15, 0.2) is 23.1 Å². The van der Waals surface area contributed by atoms with Gasteiger partial charge in [0.15, 0.2) is 5.78 Å². The molecule has 1 aromatic rings. The van der Waals surface area contributed by atoms with E-state index >= 15 is 0 Å². The third kappa shape index (κ3) is 4.35. The van der Waals surface area contributed by atoms with E-state index in [1.165, 1.54) is 18.2 Å². The van der Waals surface area contributed by atoms with Gasteiger partial charge in [0.2, 0.25) is 0 Å². The van der Waals surface area contributed by atoms with E-state index in [9.17, 15) is 18.0 Å². The average molecular weight is 327 g/mol. The van der Waals surface area contributed by atoms with E-state index in [4.69, 9.17) is 0 Å². The van der Waals surface area contributed by atoms with Crippen molar-refractivity contribution >= 4 is 33.5 Å². The molecule has 0 aliphatic heterocycles. The van der Waals surface area contributed by atoms with Gasteiger partial charge in [-0.1, -0.05) is 22.9 Å². The molecule has 1 nitrogen and oxygen atoms in total. The van der Waals surface area contributed by atoms with E-state index in [0.717, 1.165) is 0 Å². The minimum Gasteiger partial charge on any atom is -0.294 e. The molecule has 0 unspecified atom stereocenters. The molecule has 94 valence electrons. The standard InChI is InChI=1S/C11H10BrF3OS/c1-2-10(16)9-4-3-8(5-7(9)6-12)17-11(13,14)15/h3-5H,2,6H2,1H3. The summed E-state index contributed by atoms with van der Waals surface area (Å²) in [6.07, 6.45) is 0.339. The molecule has 0 atom stereocenters. The third-order valence-corrected chi connectivity index (χ3v) is 3.40. The summed E-state index contributed by atoms with van der Waals surface area (Å²) >= 11 is 3.00. The Morgan fingerprint density at radius 2 is 2.06 bits per heavy atom. The lowest BCUT2D eigenvalue weighted by Gasteiger charge is -2.09. The molecule has 17 heavy (non-hydrogen) atoms. The molecule has 1 rings (SSSR count). The first-order valence-corrected chi connectivity index (χ1v) is 6.79. The van der Waals surface area contributed by atoms with Crippen molar-refractivity contribution in [3.63, 3.8) is 0 Å². The predicted molar refractivity (Wildman–Crippen MR) is 65.6 cm³/mol. The number of alkyl halides is 4. The predicted octanol–water partition coefficient (Wildman–Crippen LogP) is 4.79. The Bertz CT molecular complexity index is 418. The molecule has 0 saturated carbocycles. The van der Waals surface area contributed by atoms with Gasteiger partial charge in [0.05, 0.1) is 0 Å². The fourth-order valence-electron chi connectivity index (χ4n) is 1.34. The zero-order chi connectivity index (χ0) is 13.1. The van der Waals surface area contributed by atoms with Crippen molar-refractivity contribution in [3.05, 3.63) is 29.3 Å². The molecule has 0 aliphatic rings. The summed E-state index contributed by atoms with van der Waals surface area (Å²) in [5.41, 5.74) is -3.23. The summed E-state index contributed by atoms with van der Waals surface area (Å²) < 4.78 is 36.6. The Labute approximate surface area is 110 Å². The van der Waals surface area contributed by atoms with Crippen LogP contribution in [0.25, 0.3) is 0 Å². The van der Waals surface area contributed by atoms with Gasteiger partial charge in [-0.2, -0.15) is 13.2 Å². The molecule has 0 N–H and O–H groups in total. The van der Waals surface area contributed by atoms with Crippen molar-refractivity contribution in [1.82, 2.24) is 0 Å². The van der Waals surface area contributed by atoms with E-state index in [2.05, 4.69) is 15.9 Å². The lowest BCUT2D eigenvalue weighted by Crippen LogP contribution is -2.03. The van der Waals surface area contributed by atoms with E-state index in [-0.39, 0.29) is 22.4 Å². The largest absolute Gasteiger partial charge is 0.446 e. The molecule has 0 saturated heterocycles. The maximum atomic E-state index is 12.2. The molecule has 0 radical (unpaired) electrons. The van der Waals surface area contributed by atoms with Crippen LogP contribution in [0.4, 0.5) is 13.2 Å². The highest BCUT2D eigenvalue weighted by atomic mass is 79.9. The van der Waals surface area contributed by atoms with E-state index in [1.807, 2.05) is 0 Å². The number of hydrogen-bond donors (Lipinski definition) is 0. The third-order valence-electron chi connectivity index (χ3n) is 2.08. The highest BCUT2D eigenvalue weighted by Crippen LogP contribution is 2.37. The van der Waals surface area contributed by atoms with Crippen molar-refractivity contribution in [2.45, 2.75) is 29.1 Å². The Morgan fingerprint density at radius 3 is 2.53 bits per heavy atom. The first-order chi connectivity index (χ1) is 7.87. The molecule has 0 amide bonds. The average Bonchev–Trinajstić information content (AvgIpc) is 2.25. The quantitative estimate of drug-likeness (QED) is 0.449. The van der Waals surface area contributed by atoms with Gasteiger partial charge < -0.3 is 0 Å². The fourth-order valence-corrected chi connectivity index (χ4v) is 2.41. The van der Waals surface area contributed by atoms with Crippen LogP contribution in [0.5, 0.6) is 0 Å². The lowest BCUT2D eigenvalue weighted by molar-refractivity contribution is -0.0328. The lowest BCUT2D eigenvalue weighted by atomic mass is 10.0. The van der Waals surface area contributed by atoms with Gasteiger partial charge in [-0.3, -0.25) is 4.79 Å². The number of hydrogen-bond acceptors (Lipinski definition) is 2. The smallest absolute Gasteiger partial charge is 0.294 e. The monoisotopic (exact) mass is 326 g/mol. The molecule has 6 heteroatoms. The molecule has 0 aromatic heterocycles. The Morgan fingerprint density at radius 1 is 1.41 bits per heavy atom. The summed E-state index contributed by atoms with van der Waals surface area (Å²) in [5.74, 6) is -0.0667. The van der Waals surface area contributed by atoms with Crippen molar-refractivity contribution < 1.29 is 18.0 Å². The second kappa shape index (κ2) is 5.91. The van der Waals surface area contributed by atoms with Gasteiger partial charge in [-0.15, -0.1) is 0 Å². The molecule has 0 aliphatic carbocycles. The summed E-state index contributed by atoms with van der Waals surface area (Å²) in [4.78, 5) is 11.6. The molecular weight excluding hydrogens is 317 g/mol. The molecule has 1 aromatic carbocycles. The van der Waals surface area contributed by atoms with Crippen LogP contribution in [-0.2, 0) is 5.33 Å². The number of carbonyl (C=O) groups excluding carboxylic acids is 1. The molecular formula is C11H10BrF3OS. The normalized spacial score (nSPS) is 11.6. The number of Topliss-reactive ketones (excluding diaryl/α,β-unsaturated/α-hetero) is 1. The minimum absolute atomic E-state index is 0.0667. The maximum absolute atomic E-state index is 12.2. The highest BCUT2D eigenvalue weighted by molar-refractivity contribution is 9.08. The molecule has 0 heterocycles. The van der Waals surface area contributed by atoms with E-state index < -0.39 is 5.51 Å². The molecule has 0 spiro atoms. The minimum atomic E-state index is -4.31. The van der Waals surface area contributed by atoms with Crippen LogP contribution in [-0.4, -0.2) is 11.3 Å². The van der Waals surface area contributed by atoms with Crippen LogP contribution in [0, 0.1) is 0 Å². The maximum Gasteiger partial charge on any atom is 0.446 e. The summed E-state index contributed by atoms with van der Waals surface area (Å²) in [7, 11) is 0. The zero-order valence-electron chi connectivity index (χ0n) is 8.97. The van der Waals surface area contributed by atoms with Crippen molar-refractivity contribution in [2.75, 3.05) is 0 Å².